The van der Waals surface area contributed by atoms with Crippen LogP contribution in [-0.4, -0.2) is 28.3 Å². The topological polar surface area (TPSA) is 35.8 Å². The Hall–Kier alpha value is -2.04. The van der Waals surface area contributed by atoms with Gasteiger partial charge in [0, 0.05) is 11.4 Å². The minimum atomic E-state index is 0.0844. The molecule has 3 rings (SSSR count). The lowest BCUT2D eigenvalue weighted by atomic mass is 10.1. The van der Waals surface area contributed by atoms with Gasteiger partial charge in [0.1, 0.15) is 0 Å². The van der Waals surface area contributed by atoms with E-state index in [0.29, 0.717) is 5.92 Å². The van der Waals surface area contributed by atoms with Crippen molar-refractivity contribution in [3.63, 3.8) is 0 Å². The largest absolute Gasteiger partial charge is 0.392 e. The molecule has 1 fully saturated rings. The summed E-state index contributed by atoms with van der Waals surface area (Å²) in [7, 11) is 0. The molecule has 136 valence electrons. The highest BCUT2D eigenvalue weighted by molar-refractivity contribution is 8.17. The first-order valence-electron chi connectivity index (χ1n) is 9.02. The standard InChI is InChI=1S/C22H26N2OS/c1-16(2)13-24-14-21(12-18-6-8-19(15-25)9-7-18)26-22(24)23-20-10-4-17(3)5-11-20/h4-12,16,25H,13-15H2,1-3H3/b21-12-,23-22?. The SMILES string of the molecule is Cc1ccc(N=C2S/C(=C\c3ccc(CO)cc3)CN2CC(C)C)cc1. The van der Waals surface area contributed by atoms with Crippen LogP contribution in [-0.2, 0) is 6.61 Å². The number of hydrogen-bond acceptors (Lipinski definition) is 3. The van der Waals surface area contributed by atoms with E-state index in [1.165, 1.54) is 10.5 Å². The van der Waals surface area contributed by atoms with Gasteiger partial charge in [-0.25, -0.2) is 4.99 Å². The van der Waals surface area contributed by atoms with Gasteiger partial charge in [-0.3, -0.25) is 0 Å². The lowest BCUT2D eigenvalue weighted by Crippen LogP contribution is -2.28. The highest BCUT2D eigenvalue weighted by Gasteiger charge is 2.24. The second-order valence-corrected chi connectivity index (χ2v) is 8.21. The van der Waals surface area contributed by atoms with Crippen LogP contribution in [0.1, 0.15) is 30.5 Å². The number of aliphatic hydroxyl groups is 1. The Kier molecular flexibility index (Phi) is 6.17. The van der Waals surface area contributed by atoms with E-state index in [-0.39, 0.29) is 6.61 Å². The Morgan fingerprint density at radius 2 is 1.81 bits per heavy atom. The van der Waals surface area contributed by atoms with Crippen LogP contribution in [0.5, 0.6) is 0 Å². The van der Waals surface area contributed by atoms with Crippen LogP contribution in [0.25, 0.3) is 6.08 Å². The minimum absolute atomic E-state index is 0.0844. The predicted octanol–water partition coefficient (Wildman–Crippen LogP) is 5.22. The molecule has 1 N–H and O–H groups in total. The molecule has 0 unspecified atom stereocenters. The normalized spacial score (nSPS) is 17.7. The highest BCUT2D eigenvalue weighted by Crippen LogP contribution is 2.33. The van der Waals surface area contributed by atoms with Gasteiger partial charge in [-0.2, -0.15) is 0 Å². The predicted molar refractivity (Wildman–Crippen MR) is 113 cm³/mol. The summed E-state index contributed by atoms with van der Waals surface area (Å²) in [6, 6.07) is 16.4. The van der Waals surface area contributed by atoms with E-state index in [1.54, 1.807) is 11.8 Å². The van der Waals surface area contributed by atoms with Gasteiger partial charge in [-0.15, -0.1) is 0 Å². The third kappa shape index (κ3) is 4.99. The van der Waals surface area contributed by atoms with Crippen LogP contribution >= 0.6 is 11.8 Å². The van der Waals surface area contributed by atoms with Crippen LogP contribution in [0.15, 0.2) is 58.4 Å². The maximum atomic E-state index is 9.18. The third-order valence-corrected chi connectivity index (χ3v) is 5.21. The van der Waals surface area contributed by atoms with Crippen molar-refractivity contribution in [2.75, 3.05) is 13.1 Å². The summed E-state index contributed by atoms with van der Waals surface area (Å²) in [4.78, 5) is 8.55. The molecule has 0 spiro atoms. The molecule has 0 radical (unpaired) electrons. The van der Waals surface area contributed by atoms with Crippen LogP contribution < -0.4 is 0 Å². The van der Waals surface area contributed by atoms with Crippen molar-refractivity contribution in [2.45, 2.75) is 27.4 Å². The zero-order valence-electron chi connectivity index (χ0n) is 15.6. The van der Waals surface area contributed by atoms with Gasteiger partial charge < -0.3 is 10.0 Å². The van der Waals surface area contributed by atoms with Gasteiger partial charge >= 0.3 is 0 Å². The summed E-state index contributed by atoms with van der Waals surface area (Å²) in [6.45, 7) is 8.55. The highest BCUT2D eigenvalue weighted by atomic mass is 32.2. The summed E-state index contributed by atoms with van der Waals surface area (Å²) in [5.41, 5.74) is 4.35. The van der Waals surface area contributed by atoms with E-state index < -0.39 is 0 Å². The Labute approximate surface area is 160 Å². The Morgan fingerprint density at radius 3 is 2.42 bits per heavy atom. The molecule has 1 saturated heterocycles. The number of aryl methyl sites for hydroxylation is 1. The number of nitrogens with zero attached hydrogens (tertiary/aromatic N) is 2. The Balaban J connectivity index is 1.83. The average Bonchev–Trinajstić information content (AvgIpc) is 2.98. The quantitative estimate of drug-likeness (QED) is 0.788. The molecule has 2 aromatic rings. The van der Waals surface area contributed by atoms with Crippen LogP contribution in [0.2, 0.25) is 0 Å². The molecule has 1 heterocycles. The van der Waals surface area contributed by atoms with Gasteiger partial charge in [0.25, 0.3) is 0 Å². The molecule has 26 heavy (non-hydrogen) atoms. The first kappa shape index (κ1) is 18.7. The number of aliphatic hydroxyl groups excluding tert-OH is 1. The van der Waals surface area contributed by atoms with Crippen molar-refractivity contribution in [2.24, 2.45) is 10.9 Å². The van der Waals surface area contributed by atoms with Crippen molar-refractivity contribution in [1.29, 1.82) is 0 Å². The first-order valence-corrected chi connectivity index (χ1v) is 9.83. The Morgan fingerprint density at radius 1 is 1.12 bits per heavy atom. The van der Waals surface area contributed by atoms with E-state index in [4.69, 9.17) is 4.99 Å². The number of hydrogen-bond donors (Lipinski definition) is 1. The molecule has 1 aliphatic heterocycles. The fraction of sp³-hybridized carbons (Fsp3) is 0.318. The molecule has 1 aliphatic rings. The zero-order valence-corrected chi connectivity index (χ0v) is 16.5. The summed E-state index contributed by atoms with van der Waals surface area (Å²) in [6.07, 6.45) is 2.22. The first-order chi connectivity index (χ1) is 12.5. The van der Waals surface area contributed by atoms with Crippen molar-refractivity contribution in [3.8, 4) is 0 Å². The molecular formula is C22H26N2OS. The monoisotopic (exact) mass is 366 g/mol. The van der Waals surface area contributed by atoms with E-state index >= 15 is 0 Å². The molecule has 0 saturated carbocycles. The van der Waals surface area contributed by atoms with Gasteiger partial charge in [0.15, 0.2) is 5.17 Å². The van der Waals surface area contributed by atoms with E-state index in [2.05, 4.69) is 68.1 Å². The van der Waals surface area contributed by atoms with Crippen molar-refractivity contribution >= 4 is 28.7 Å². The van der Waals surface area contributed by atoms with Crippen molar-refractivity contribution in [3.05, 3.63) is 70.1 Å². The molecular weight excluding hydrogens is 340 g/mol. The zero-order chi connectivity index (χ0) is 18.5. The summed E-state index contributed by atoms with van der Waals surface area (Å²) < 4.78 is 0. The number of thioether (sulfide) groups is 1. The summed E-state index contributed by atoms with van der Waals surface area (Å²) >= 11 is 1.75. The number of aliphatic imine (C=N–C) groups is 1. The lowest BCUT2D eigenvalue weighted by molar-refractivity contribution is 0.282. The van der Waals surface area contributed by atoms with Crippen LogP contribution in [0.3, 0.4) is 0 Å². The second-order valence-electron chi connectivity index (χ2n) is 7.12. The van der Waals surface area contributed by atoms with Crippen LogP contribution in [0.4, 0.5) is 5.69 Å². The fourth-order valence-corrected chi connectivity index (χ4v) is 3.93. The van der Waals surface area contributed by atoms with E-state index in [9.17, 15) is 5.11 Å². The van der Waals surface area contributed by atoms with E-state index in [0.717, 1.165) is 35.1 Å². The smallest absolute Gasteiger partial charge is 0.169 e. The Bertz CT molecular complexity index is 792. The average molecular weight is 367 g/mol. The number of rotatable bonds is 5. The molecule has 4 heteroatoms. The van der Waals surface area contributed by atoms with Gasteiger partial charge in [0.05, 0.1) is 18.8 Å². The van der Waals surface area contributed by atoms with Crippen molar-refractivity contribution in [1.82, 2.24) is 4.90 Å². The summed E-state index contributed by atoms with van der Waals surface area (Å²) in [5, 5.41) is 10.3. The lowest BCUT2D eigenvalue weighted by Gasteiger charge is -2.19. The molecule has 0 bridgehead atoms. The van der Waals surface area contributed by atoms with Crippen LogP contribution in [0, 0.1) is 12.8 Å². The van der Waals surface area contributed by atoms with Gasteiger partial charge in [-0.1, -0.05) is 67.6 Å². The summed E-state index contributed by atoms with van der Waals surface area (Å²) in [5.74, 6) is 0.585. The number of benzene rings is 2. The molecule has 0 amide bonds. The third-order valence-electron chi connectivity index (χ3n) is 4.17. The maximum Gasteiger partial charge on any atom is 0.169 e. The van der Waals surface area contributed by atoms with Crippen molar-refractivity contribution < 1.29 is 5.11 Å². The molecule has 3 nitrogen and oxygen atoms in total. The van der Waals surface area contributed by atoms with Gasteiger partial charge in [0.2, 0.25) is 0 Å². The molecule has 0 atom stereocenters. The molecule has 0 aliphatic carbocycles. The number of amidine groups is 1. The van der Waals surface area contributed by atoms with Gasteiger partial charge in [-0.05, 0) is 42.2 Å². The molecule has 0 aromatic heterocycles. The fourth-order valence-electron chi connectivity index (χ4n) is 2.86. The second kappa shape index (κ2) is 8.56. The van der Waals surface area contributed by atoms with E-state index in [1.807, 2.05) is 12.1 Å². The maximum absolute atomic E-state index is 9.18. The minimum Gasteiger partial charge on any atom is -0.392 e. The molecule has 2 aromatic carbocycles.